The number of rotatable bonds is 2. The minimum atomic E-state index is -0.395. The first-order valence-corrected chi connectivity index (χ1v) is 4.19. The minimum absolute atomic E-state index is 0.149. The van der Waals surface area contributed by atoms with Crippen LogP contribution in [0, 0.1) is 0 Å². The molecule has 0 bridgehead atoms. The molecule has 0 saturated heterocycles. The quantitative estimate of drug-likeness (QED) is 0.575. The van der Waals surface area contributed by atoms with E-state index < -0.39 is 5.97 Å². The maximum Gasteiger partial charge on any atom is 0.333 e. The van der Waals surface area contributed by atoms with Gasteiger partial charge in [-0.15, -0.1) is 0 Å². The first kappa shape index (κ1) is 10.3. The fraction of sp³-hybridized carbons (Fsp3) is 0.182. The van der Waals surface area contributed by atoms with Crippen LogP contribution in [0.25, 0.3) is 6.08 Å². The van der Waals surface area contributed by atoms with Crippen LogP contribution in [0.15, 0.2) is 29.8 Å². The molecule has 0 atom stereocenters. The Bertz CT molecular complexity index is 367. The number of carbonyl (C=O) groups is 1. The van der Waals surface area contributed by atoms with E-state index >= 15 is 0 Å². The molecule has 0 saturated carbocycles. The molecule has 0 heterocycles. The van der Waals surface area contributed by atoms with Gasteiger partial charge in [0.15, 0.2) is 0 Å². The van der Waals surface area contributed by atoms with E-state index in [1.807, 2.05) is 0 Å². The Morgan fingerprint density at radius 2 is 2.07 bits per heavy atom. The van der Waals surface area contributed by atoms with Crippen molar-refractivity contribution in [2.75, 3.05) is 7.11 Å². The van der Waals surface area contributed by atoms with Crippen molar-refractivity contribution in [2.45, 2.75) is 6.92 Å². The first-order valence-electron chi connectivity index (χ1n) is 4.19. The van der Waals surface area contributed by atoms with E-state index in [2.05, 4.69) is 4.74 Å². The molecule has 3 heteroatoms. The van der Waals surface area contributed by atoms with Crippen LogP contribution in [0.2, 0.25) is 0 Å². The smallest absolute Gasteiger partial charge is 0.333 e. The average Bonchev–Trinajstić information content (AvgIpc) is 2.20. The minimum Gasteiger partial charge on any atom is -0.507 e. The number of ether oxygens (including phenoxy) is 1. The van der Waals surface area contributed by atoms with E-state index in [0.717, 1.165) is 0 Å². The molecule has 0 aliphatic heterocycles. The number of carbonyl (C=O) groups excluding carboxylic acids is 1. The predicted molar refractivity (Wildman–Crippen MR) is 53.8 cm³/mol. The van der Waals surface area contributed by atoms with E-state index in [1.165, 1.54) is 7.11 Å². The van der Waals surface area contributed by atoms with Crippen molar-refractivity contribution in [3.8, 4) is 5.75 Å². The molecule has 1 aromatic carbocycles. The summed E-state index contributed by atoms with van der Waals surface area (Å²) < 4.78 is 4.54. The highest BCUT2D eigenvalue weighted by Crippen LogP contribution is 2.18. The summed E-state index contributed by atoms with van der Waals surface area (Å²) in [5.41, 5.74) is 1.06. The second kappa shape index (κ2) is 4.46. The molecule has 3 nitrogen and oxygen atoms in total. The van der Waals surface area contributed by atoms with Gasteiger partial charge in [-0.2, -0.15) is 0 Å². The number of methoxy groups -OCH3 is 1. The number of phenolic OH excluding ortho intramolecular Hbond substituents is 1. The van der Waals surface area contributed by atoms with E-state index in [4.69, 9.17) is 0 Å². The highest BCUT2D eigenvalue weighted by molar-refractivity contribution is 5.93. The summed E-state index contributed by atoms with van der Waals surface area (Å²) in [5, 5.41) is 9.42. The molecular formula is C11H12O3. The lowest BCUT2D eigenvalue weighted by molar-refractivity contribution is -0.135. The van der Waals surface area contributed by atoms with Gasteiger partial charge in [-0.3, -0.25) is 0 Å². The van der Waals surface area contributed by atoms with Gasteiger partial charge in [-0.05, 0) is 19.1 Å². The van der Waals surface area contributed by atoms with Gasteiger partial charge in [0.05, 0.1) is 7.11 Å². The van der Waals surface area contributed by atoms with Gasteiger partial charge in [0, 0.05) is 11.1 Å². The zero-order chi connectivity index (χ0) is 10.6. The highest BCUT2D eigenvalue weighted by atomic mass is 16.5. The molecule has 0 aliphatic rings. The third-order valence-electron chi connectivity index (χ3n) is 1.82. The van der Waals surface area contributed by atoms with Crippen molar-refractivity contribution < 1.29 is 14.6 Å². The summed E-state index contributed by atoms with van der Waals surface area (Å²) in [6.45, 7) is 1.64. The average molecular weight is 192 g/mol. The molecule has 1 N–H and O–H groups in total. The van der Waals surface area contributed by atoms with Crippen LogP contribution >= 0.6 is 0 Å². The Morgan fingerprint density at radius 3 is 2.64 bits per heavy atom. The molecule has 0 unspecified atom stereocenters. The Balaban J connectivity index is 2.97. The Hall–Kier alpha value is -1.77. The lowest BCUT2D eigenvalue weighted by atomic mass is 10.1. The zero-order valence-corrected chi connectivity index (χ0v) is 8.15. The summed E-state index contributed by atoms with van der Waals surface area (Å²) >= 11 is 0. The number of hydrogen-bond acceptors (Lipinski definition) is 3. The summed E-state index contributed by atoms with van der Waals surface area (Å²) in [4.78, 5) is 11.1. The van der Waals surface area contributed by atoms with Crippen LogP contribution in [-0.2, 0) is 9.53 Å². The van der Waals surface area contributed by atoms with Gasteiger partial charge in [0.25, 0.3) is 0 Å². The van der Waals surface area contributed by atoms with Gasteiger partial charge < -0.3 is 9.84 Å². The maximum atomic E-state index is 11.1. The van der Waals surface area contributed by atoms with Crippen LogP contribution in [0.1, 0.15) is 12.5 Å². The largest absolute Gasteiger partial charge is 0.507 e. The van der Waals surface area contributed by atoms with Gasteiger partial charge >= 0.3 is 5.97 Å². The molecule has 0 spiro atoms. The number of benzene rings is 1. The maximum absolute atomic E-state index is 11.1. The highest BCUT2D eigenvalue weighted by Gasteiger charge is 2.04. The van der Waals surface area contributed by atoms with Crippen molar-refractivity contribution >= 4 is 12.0 Å². The molecule has 0 amide bonds. The molecule has 74 valence electrons. The first-order chi connectivity index (χ1) is 6.65. The summed E-state index contributed by atoms with van der Waals surface area (Å²) in [6.07, 6.45) is 1.58. The predicted octanol–water partition coefficient (Wildman–Crippen LogP) is 1.97. The van der Waals surface area contributed by atoms with Gasteiger partial charge in [-0.1, -0.05) is 18.2 Å². The number of esters is 1. The molecular weight excluding hydrogens is 180 g/mol. The summed E-state index contributed by atoms with van der Waals surface area (Å²) in [7, 11) is 1.32. The van der Waals surface area contributed by atoms with Gasteiger partial charge in [0.2, 0.25) is 0 Å². The van der Waals surface area contributed by atoms with Crippen LogP contribution in [-0.4, -0.2) is 18.2 Å². The third-order valence-corrected chi connectivity index (χ3v) is 1.82. The van der Waals surface area contributed by atoms with Crippen LogP contribution in [0.3, 0.4) is 0 Å². The Kier molecular flexibility index (Phi) is 3.29. The van der Waals surface area contributed by atoms with Crippen molar-refractivity contribution in [3.63, 3.8) is 0 Å². The SMILES string of the molecule is COC(=O)C(C)=Cc1ccccc1O. The van der Waals surface area contributed by atoms with E-state index in [-0.39, 0.29) is 5.75 Å². The van der Waals surface area contributed by atoms with Crippen molar-refractivity contribution in [2.24, 2.45) is 0 Å². The molecule has 1 aromatic rings. The second-order valence-corrected chi connectivity index (χ2v) is 2.88. The molecule has 0 aromatic heterocycles. The molecule has 1 rings (SSSR count). The molecule has 0 fully saturated rings. The van der Waals surface area contributed by atoms with E-state index in [9.17, 15) is 9.90 Å². The van der Waals surface area contributed by atoms with Crippen molar-refractivity contribution in [1.29, 1.82) is 0 Å². The monoisotopic (exact) mass is 192 g/mol. The van der Waals surface area contributed by atoms with Crippen LogP contribution in [0.5, 0.6) is 5.75 Å². The van der Waals surface area contributed by atoms with E-state index in [0.29, 0.717) is 11.1 Å². The third kappa shape index (κ3) is 2.36. The standard InChI is InChI=1S/C11H12O3/c1-8(11(13)14-2)7-9-5-3-4-6-10(9)12/h3-7,12H,1-2H3. The lowest BCUT2D eigenvalue weighted by Gasteiger charge is -2.00. The summed E-state index contributed by atoms with van der Waals surface area (Å²) in [6, 6.07) is 6.80. The number of phenols is 1. The normalized spacial score (nSPS) is 11.1. The Labute approximate surface area is 82.6 Å². The zero-order valence-electron chi connectivity index (χ0n) is 8.15. The van der Waals surface area contributed by atoms with Crippen molar-refractivity contribution in [1.82, 2.24) is 0 Å². The Morgan fingerprint density at radius 1 is 1.43 bits per heavy atom. The number of aromatic hydroxyl groups is 1. The van der Waals surface area contributed by atoms with Crippen molar-refractivity contribution in [3.05, 3.63) is 35.4 Å². The summed E-state index contributed by atoms with van der Waals surface area (Å²) in [5.74, 6) is -0.246. The van der Waals surface area contributed by atoms with Gasteiger partial charge in [-0.25, -0.2) is 4.79 Å². The lowest BCUT2D eigenvalue weighted by Crippen LogP contribution is -2.00. The topological polar surface area (TPSA) is 46.5 Å². The molecule has 0 aliphatic carbocycles. The fourth-order valence-corrected chi connectivity index (χ4v) is 1.06. The molecule has 0 radical (unpaired) electrons. The second-order valence-electron chi connectivity index (χ2n) is 2.88. The fourth-order valence-electron chi connectivity index (χ4n) is 1.06. The number of hydrogen-bond donors (Lipinski definition) is 1. The molecule has 14 heavy (non-hydrogen) atoms. The van der Waals surface area contributed by atoms with E-state index in [1.54, 1.807) is 37.3 Å². The van der Waals surface area contributed by atoms with Crippen LogP contribution < -0.4 is 0 Å². The number of para-hydroxylation sites is 1. The van der Waals surface area contributed by atoms with Gasteiger partial charge in [0.1, 0.15) is 5.75 Å². The van der Waals surface area contributed by atoms with Crippen LogP contribution in [0.4, 0.5) is 0 Å².